The zero-order valence-electron chi connectivity index (χ0n) is 21.1. The summed E-state index contributed by atoms with van der Waals surface area (Å²) in [5.41, 5.74) is 0.954. The quantitative estimate of drug-likeness (QED) is 0.193. The van der Waals surface area contributed by atoms with Gasteiger partial charge in [-0.25, -0.2) is 4.79 Å². The lowest BCUT2D eigenvalue weighted by molar-refractivity contribution is -0.152. The van der Waals surface area contributed by atoms with Crippen LogP contribution in [0.25, 0.3) is 0 Å². The number of carbonyl (C=O) groups excluding carboxylic acids is 4. The summed E-state index contributed by atoms with van der Waals surface area (Å²) in [5.74, 6) is -2.60. The molecule has 7 atom stereocenters. The Balaban J connectivity index is 2.06. The summed E-state index contributed by atoms with van der Waals surface area (Å²) in [6, 6.07) is 0. The molecule has 35 heavy (non-hydrogen) atoms. The summed E-state index contributed by atoms with van der Waals surface area (Å²) in [6.07, 6.45) is 1.56. The smallest absolute Gasteiger partial charge is 0.334 e. The van der Waals surface area contributed by atoms with E-state index < -0.39 is 65.9 Å². The number of carbonyl (C=O) groups is 4. The molecule has 0 aromatic heterocycles. The van der Waals surface area contributed by atoms with Crippen molar-refractivity contribution in [2.75, 3.05) is 0 Å². The van der Waals surface area contributed by atoms with E-state index in [1.807, 2.05) is 26.0 Å². The summed E-state index contributed by atoms with van der Waals surface area (Å²) in [6.45, 7) is 13.4. The highest BCUT2D eigenvalue weighted by Crippen LogP contribution is 2.50. The Kier molecular flexibility index (Phi) is 7.89. The fourth-order valence-electron chi connectivity index (χ4n) is 4.90. The second kappa shape index (κ2) is 10.4. The molecule has 0 amide bonds. The lowest BCUT2D eigenvalue weighted by Crippen LogP contribution is -2.41. The van der Waals surface area contributed by atoms with Crippen LogP contribution in [0.5, 0.6) is 0 Å². The second-order valence-corrected chi connectivity index (χ2v) is 9.66. The normalized spacial score (nSPS) is 38.2. The molecule has 3 aliphatic rings. The first-order valence-corrected chi connectivity index (χ1v) is 11.7. The van der Waals surface area contributed by atoms with Crippen LogP contribution in [-0.2, 0) is 42.9 Å². The molecule has 192 valence electrons. The number of rotatable bonds is 3. The lowest BCUT2D eigenvalue weighted by Gasteiger charge is -2.28. The van der Waals surface area contributed by atoms with Gasteiger partial charge < -0.3 is 23.7 Å². The van der Waals surface area contributed by atoms with Crippen molar-refractivity contribution >= 4 is 23.9 Å². The minimum Gasteiger partial charge on any atom is -0.461 e. The molecule has 1 aliphatic carbocycles. The number of hydrogen-bond donors (Lipinski definition) is 0. The molecule has 0 saturated carbocycles. The highest BCUT2D eigenvalue weighted by atomic mass is 16.7. The minimum atomic E-state index is -0.941. The van der Waals surface area contributed by atoms with Crippen LogP contribution < -0.4 is 0 Å². The molecule has 0 spiro atoms. The van der Waals surface area contributed by atoms with E-state index in [0.717, 1.165) is 11.1 Å². The first kappa shape index (κ1) is 26.7. The molecule has 9 nitrogen and oxygen atoms in total. The van der Waals surface area contributed by atoms with Gasteiger partial charge in [-0.15, -0.1) is 0 Å². The SMILES string of the molecule is C=C1C(=O)O[C@@H]2[C@H]1[C@H](OC(C)=O)C/C(C)=C\C[C@H](OC(C)=O)/C(C)=C\C[C@@H](OC(C)=O)[C@]1(C)O[C@@H]21. The van der Waals surface area contributed by atoms with Crippen LogP contribution in [0, 0.1) is 5.92 Å². The van der Waals surface area contributed by atoms with Gasteiger partial charge in [-0.1, -0.05) is 24.3 Å². The number of fused-ring (bicyclic) bond motifs is 3. The van der Waals surface area contributed by atoms with Gasteiger partial charge in [0, 0.05) is 45.6 Å². The Hall–Kier alpha value is -2.94. The second-order valence-electron chi connectivity index (χ2n) is 9.66. The predicted octanol–water partition coefficient (Wildman–Crippen LogP) is 3.11. The molecule has 3 rings (SSSR count). The fourth-order valence-corrected chi connectivity index (χ4v) is 4.90. The third kappa shape index (κ3) is 6.01. The van der Waals surface area contributed by atoms with Crippen molar-refractivity contribution in [1.82, 2.24) is 0 Å². The lowest BCUT2D eigenvalue weighted by atomic mass is 9.82. The van der Waals surface area contributed by atoms with Crippen LogP contribution in [-0.4, -0.2) is 60.0 Å². The van der Waals surface area contributed by atoms with Crippen LogP contribution in [0.3, 0.4) is 0 Å². The van der Waals surface area contributed by atoms with Gasteiger partial charge in [0.15, 0.2) is 0 Å². The number of hydrogen-bond acceptors (Lipinski definition) is 9. The summed E-state index contributed by atoms with van der Waals surface area (Å²) in [5, 5.41) is 0. The Bertz CT molecular complexity index is 977. The van der Waals surface area contributed by atoms with E-state index >= 15 is 0 Å². The number of ether oxygens (including phenoxy) is 5. The number of epoxide rings is 1. The maximum Gasteiger partial charge on any atom is 0.334 e. The topological polar surface area (TPSA) is 118 Å². The third-order valence-electron chi connectivity index (χ3n) is 6.79. The Morgan fingerprint density at radius 1 is 1.00 bits per heavy atom. The van der Waals surface area contributed by atoms with E-state index in [1.54, 1.807) is 6.92 Å². The van der Waals surface area contributed by atoms with Gasteiger partial charge in [-0.05, 0) is 26.3 Å². The number of esters is 4. The fraction of sp³-hybridized carbons (Fsp3) is 0.615. The van der Waals surface area contributed by atoms with Crippen LogP contribution in [0.4, 0.5) is 0 Å². The third-order valence-corrected chi connectivity index (χ3v) is 6.79. The van der Waals surface area contributed by atoms with Crippen LogP contribution >= 0.6 is 0 Å². The first-order chi connectivity index (χ1) is 16.3. The molecular formula is C26H34O9. The molecule has 0 unspecified atom stereocenters. The minimum absolute atomic E-state index is 0.205. The van der Waals surface area contributed by atoms with E-state index in [1.165, 1.54) is 20.8 Å². The first-order valence-electron chi connectivity index (χ1n) is 11.7. The molecule has 2 heterocycles. The van der Waals surface area contributed by atoms with E-state index in [-0.39, 0.29) is 5.57 Å². The van der Waals surface area contributed by atoms with Crippen molar-refractivity contribution in [2.45, 2.75) is 96.9 Å². The monoisotopic (exact) mass is 490 g/mol. The van der Waals surface area contributed by atoms with Gasteiger partial charge in [0.2, 0.25) is 0 Å². The van der Waals surface area contributed by atoms with Gasteiger partial charge in [0.05, 0.1) is 5.92 Å². The van der Waals surface area contributed by atoms with Gasteiger partial charge in [-0.3, -0.25) is 14.4 Å². The van der Waals surface area contributed by atoms with E-state index in [4.69, 9.17) is 23.7 Å². The molecular weight excluding hydrogens is 456 g/mol. The summed E-state index contributed by atoms with van der Waals surface area (Å²) >= 11 is 0. The van der Waals surface area contributed by atoms with Crippen molar-refractivity contribution in [3.05, 3.63) is 35.5 Å². The maximum atomic E-state index is 12.5. The largest absolute Gasteiger partial charge is 0.461 e. The Morgan fingerprint density at radius 3 is 2.23 bits per heavy atom. The molecule has 2 aliphatic heterocycles. The zero-order chi connectivity index (χ0) is 26.1. The van der Waals surface area contributed by atoms with Gasteiger partial charge in [0.1, 0.15) is 36.1 Å². The maximum absolute atomic E-state index is 12.5. The average Bonchev–Trinajstić information content (AvgIpc) is 3.34. The van der Waals surface area contributed by atoms with Gasteiger partial charge in [0.25, 0.3) is 0 Å². The average molecular weight is 491 g/mol. The van der Waals surface area contributed by atoms with Crippen molar-refractivity contribution in [2.24, 2.45) is 5.92 Å². The van der Waals surface area contributed by atoms with Crippen LogP contribution in [0.15, 0.2) is 35.5 Å². The Labute approximate surface area is 205 Å². The predicted molar refractivity (Wildman–Crippen MR) is 124 cm³/mol. The standard InChI is InChI=1S/C26H34O9/c1-13-8-10-19(31-16(4)27)14(2)9-11-21(33-18(6)29)26(7)24(35-26)23-22(15(3)25(30)34-23)20(12-13)32-17(5)28/h8-9,19-24H,3,10-12H2,1-2,4-7H3/b13-8-,14-9-/t19-,20+,21+,22+,23+,24-,26-/m0/s1. The molecule has 0 bridgehead atoms. The summed E-state index contributed by atoms with van der Waals surface area (Å²) < 4.78 is 28.5. The van der Waals surface area contributed by atoms with Crippen molar-refractivity contribution in [1.29, 1.82) is 0 Å². The highest BCUT2D eigenvalue weighted by Gasteiger charge is 2.67. The molecule has 2 fully saturated rings. The molecule has 2 saturated heterocycles. The molecule has 0 N–H and O–H groups in total. The van der Waals surface area contributed by atoms with Crippen molar-refractivity contribution in [3.8, 4) is 0 Å². The van der Waals surface area contributed by atoms with E-state index in [0.29, 0.717) is 19.3 Å². The summed E-state index contributed by atoms with van der Waals surface area (Å²) in [4.78, 5) is 48.1. The molecule has 0 aromatic rings. The highest BCUT2D eigenvalue weighted by molar-refractivity contribution is 5.91. The molecule has 0 radical (unpaired) electrons. The van der Waals surface area contributed by atoms with E-state index in [9.17, 15) is 19.2 Å². The Morgan fingerprint density at radius 2 is 1.63 bits per heavy atom. The zero-order valence-corrected chi connectivity index (χ0v) is 21.1. The van der Waals surface area contributed by atoms with Gasteiger partial charge >= 0.3 is 23.9 Å². The molecule has 9 heteroatoms. The van der Waals surface area contributed by atoms with Crippen LogP contribution in [0.1, 0.15) is 60.8 Å². The van der Waals surface area contributed by atoms with Crippen molar-refractivity contribution in [3.63, 3.8) is 0 Å². The van der Waals surface area contributed by atoms with Crippen LogP contribution in [0.2, 0.25) is 0 Å². The summed E-state index contributed by atoms with van der Waals surface area (Å²) in [7, 11) is 0. The van der Waals surface area contributed by atoms with Crippen molar-refractivity contribution < 1.29 is 42.9 Å². The van der Waals surface area contributed by atoms with Gasteiger partial charge in [-0.2, -0.15) is 0 Å². The van der Waals surface area contributed by atoms with E-state index in [2.05, 4.69) is 6.58 Å². The molecule has 0 aromatic carbocycles.